The van der Waals surface area contributed by atoms with E-state index < -0.39 is 0 Å². The van der Waals surface area contributed by atoms with Crippen LogP contribution in [0.2, 0.25) is 5.02 Å². The van der Waals surface area contributed by atoms with E-state index in [-0.39, 0.29) is 12.0 Å². The third-order valence-corrected chi connectivity index (χ3v) is 3.54. The summed E-state index contributed by atoms with van der Waals surface area (Å²) < 4.78 is 0. The van der Waals surface area contributed by atoms with Crippen LogP contribution in [0.5, 0.6) is 0 Å². The minimum Gasteiger partial charge on any atom is -0.370 e. The van der Waals surface area contributed by atoms with Gasteiger partial charge in [0.1, 0.15) is 0 Å². The summed E-state index contributed by atoms with van der Waals surface area (Å²) in [6.07, 6.45) is 1.56. The molecule has 3 N–H and O–H groups in total. The van der Waals surface area contributed by atoms with Crippen LogP contribution in [0.25, 0.3) is 0 Å². The molecule has 0 unspecified atom stereocenters. The van der Waals surface area contributed by atoms with Crippen molar-refractivity contribution in [3.8, 4) is 0 Å². The Hall–Kier alpha value is -1.75. The van der Waals surface area contributed by atoms with Gasteiger partial charge in [-0.3, -0.25) is 15.2 Å². The molecule has 0 fully saturated rings. The van der Waals surface area contributed by atoms with Crippen LogP contribution in [0, 0.1) is 5.41 Å². The Kier molecular flexibility index (Phi) is 6.49. The van der Waals surface area contributed by atoms with Crippen molar-refractivity contribution in [1.82, 2.24) is 4.90 Å². The van der Waals surface area contributed by atoms with Crippen molar-refractivity contribution in [2.45, 2.75) is 33.6 Å². The number of guanidine groups is 1. The van der Waals surface area contributed by atoms with Gasteiger partial charge in [-0.25, -0.2) is 4.79 Å². The number of nitrogens with two attached hydrogens (primary N) is 1. The van der Waals surface area contributed by atoms with Gasteiger partial charge in [-0.05, 0) is 31.4 Å². The highest BCUT2D eigenvalue weighted by molar-refractivity contribution is 6.34. The molecule has 0 aliphatic heterocycles. The standard InChI is InChI=1S/C15H23ClN4O/c1-4-10-20(15(21)19(6-3)14(17)18)13-11(5-2)8-7-9-12(13)16/h7-9H,4-6,10H2,1-3H3,(H3,17,18). The Labute approximate surface area is 131 Å². The molecule has 0 bridgehead atoms. The Morgan fingerprint density at radius 2 is 2.00 bits per heavy atom. The van der Waals surface area contributed by atoms with Gasteiger partial charge < -0.3 is 5.73 Å². The fraction of sp³-hybridized carbons (Fsp3) is 0.467. The predicted molar refractivity (Wildman–Crippen MR) is 88.2 cm³/mol. The molecule has 5 nitrogen and oxygen atoms in total. The van der Waals surface area contributed by atoms with Crippen LogP contribution in [0.15, 0.2) is 18.2 Å². The maximum Gasteiger partial charge on any atom is 0.331 e. The monoisotopic (exact) mass is 310 g/mol. The molecule has 0 radical (unpaired) electrons. The van der Waals surface area contributed by atoms with Crippen LogP contribution < -0.4 is 10.6 Å². The Morgan fingerprint density at radius 3 is 2.48 bits per heavy atom. The summed E-state index contributed by atoms with van der Waals surface area (Å²) in [4.78, 5) is 15.6. The third kappa shape index (κ3) is 3.88. The number of nitrogens with one attached hydrogen (secondary N) is 1. The first-order valence-electron chi connectivity index (χ1n) is 7.18. The molecule has 2 amide bonds. The van der Waals surface area contributed by atoms with Crippen LogP contribution in [0.3, 0.4) is 0 Å². The topological polar surface area (TPSA) is 73.4 Å². The molecule has 0 aliphatic carbocycles. The molecule has 1 rings (SSSR count). The van der Waals surface area contributed by atoms with E-state index in [9.17, 15) is 4.79 Å². The Bertz CT molecular complexity index is 518. The van der Waals surface area contributed by atoms with E-state index in [1.165, 1.54) is 4.90 Å². The second kappa shape index (κ2) is 7.88. The normalized spacial score (nSPS) is 10.3. The lowest BCUT2D eigenvalue weighted by Gasteiger charge is -2.30. The van der Waals surface area contributed by atoms with E-state index in [1.54, 1.807) is 17.9 Å². The maximum absolute atomic E-state index is 12.7. The average Bonchev–Trinajstić information content (AvgIpc) is 2.45. The van der Waals surface area contributed by atoms with Gasteiger partial charge in [-0.1, -0.05) is 37.6 Å². The van der Waals surface area contributed by atoms with Crippen LogP contribution in [0.1, 0.15) is 32.8 Å². The van der Waals surface area contributed by atoms with Gasteiger partial charge in [0.2, 0.25) is 0 Å². The minimum atomic E-state index is -0.311. The highest BCUT2D eigenvalue weighted by Crippen LogP contribution is 2.31. The first-order valence-corrected chi connectivity index (χ1v) is 7.56. The largest absolute Gasteiger partial charge is 0.370 e. The molecule has 21 heavy (non-hydrogen) atoms. The van der Waals surface area contributed by atoms with Crippen molar-refractivity contribution in [3.05, 3.63) is 28.8 Å². The number of hydrogen-bond donors (Lipinski definition) is 2. The summed E-state index contributed by atoms with van der Waals surface area (Å²) in [7, 11) is 0. The summed E-state index contributed by atoms with van der Waals surface area (Å²) in [6, 6.07) is 5.30. The summed E-state index contributed by atoms with van der Waals surface area (Å²) in [5.41, 5.74) is 7.22. The number of carbonyl (C=O) groups excluding carboxylic acids is 1. The second-order valence-electron chi connectivity index (χ2n) is 4.66. The molecule has 0 spiro atoms. The van der Waals surface area contributed by atoms with Gasteiger partial charge in [-0.2, -0.15) is 0 Å². The summed E-state index contributed by atoms with van der Waals surface area (Å²) in [5.74, 6) is -0.256. The first kappa shape index (κ1) is 17.3. The Balaban J connectivity index is 3.30. The average molecular weight is 311 g/mol. The molecule has 0 saturated heterocycles. The quantitative estimate of drug-likeness (QED) is 0.645. The fourth-order valence-corrected chi connectivity index (χ4v) is 2.52. The summed E-state index contributed by atoms with van der Waals surface area (Å²) >= 11 is 6.31. The van der Waals surface area contributed by atoms with Gasteiger partial charge in [0.25, 0.3) is 0 Å². The molecule has 1 aromatic rings. The molecule has 0 saturated carbocycles. The van der Waals surface area contributed by atoms with E-state index in [1.807, 2.05) is 26.0 Å². The summed E-state index contributed by atoms with van der Waals surface area (Å²) in [6.45, 7) is 6.68. The zero-order valence-electron chi connectivity index (χ0n) is 12.8. The zero-order valence-corrected chi connectivity index (χ0v) is 13.6. The number of rotatable bonds is 5. The van der Waals surface area contributed by atoms with Gasteiger partial charge in [-0.15, -0.1) is 0 Å². The molecule has 116 valence electrons. The number of hydrogen-bond acceptors (Lipinski definition) is 2. The number of carbonyl (C=O) groups is 1. The smallest absolute Gasteiger partial charge is 0.331 e. The Morgan fingerprint density at radius 1 is 1.33 bits per heavy atom. The van der Waals surface area contributed by atoms with Crippen molar-refractivity contribution >= 4 is 29.3 Å². The van der Waals surface area contributed by atoms with E-state index in [0.29, 0.717) is 23.8 Å². The van der Waals surface area contributed by atoms with Crippen molar-refractivity contribution in [1.29, 1.82) is 5.41 Å². The van der Waals surface area contributed by atoms with Gasteiger partial charge in [0.15, 0.2) is 5.96 Å². The van der Waals surface area contributed by atoms with Crippen LogP contribution in [-0.4, -0.2) is 30.0 Å². The molecule has 0 aromatic heterocycles. The minimum absolute atomic E-state index is 0.256. The molecular weight excluding hydrogens is 288 g/mol. The highest BCUT2D eigenvalue weighted by Gasteiger charge is 2.25. The molecular formula is C15H23ClN4O. The first-order chi connectivity index (χ1) is 9.97. The summed E-state index contributed by atoms with van der Waals surface area (Å²) in [5, 5.41) is 8.08. The van der Waals surface area contributed by atoms with E-state index in [4.69, 9.17) is 22.7 Å². The lowest BCUT2D eigenvalue weighted by Crippen LogP contribution is -2.49. The van der Waals surface area contributed by atoms with Crippen molar-refractivity contribution < 1.29 is 4.79 Å². The molecule has 6 heteroatoms. The zero-order chi connectivity index (χ0) is 16.0. The van der Waals surface area contributed by atoms with Gasteiger partial charge >= 0.3 is 6.03 Å². The number of halogens is 1. The molecule has 0 atom stereocenters. The lowest BCUT2D eigenvalue weighted by molar-refractivity contribution is 0.227. The second-order valence-corrected chi connectivity index (χ2v) is 5.07. The SMILES string of the molecule is CCCN(C(=O)N(CC)C(=N)N)c1c(Cl)cccc1CC. The van der Waals surface area contributed by atoms with Crippen molar-refractivity contribution in [2.75, 3.05) is 18.0 Å². The highest BCUT2D eigenvalue weighted by atomic mass is 35.5. The van der Waals surface area contributed by atoms with Crippen molar-refractivity contribution in [2.24, 2.45) is 5.73 Å². The lowest BCUT2D eigenvalue weighted by atomic mass is 10.1. The van der Waals surface area contributed by atoms with E-state index >= 15 is 0 Å². The van der Waals surface area contributed by atoms with Crippen LogP contribution in [0.4, 0.5) is 10.5 Å². The molecule has 0 aliphatic rings. The third-order valence-electron chi connectivity index (χ3n) is 3.24. The maximum atomic E-state index is 12.7. The number of anilines is 1. The van der Waals surface area contributed by atoms with Gasteiger partial charge in [0, 0.05) is 13.1 Å². The fourth-order valence-electron chi connectivity index (χ4n) is 2.23. The molecule has 1 aromatic carbocycles. The van der Waals surface area contributed by atoms with E-state index in [2.05, 4.69) is 0 Å². The van der Waals surface area contributed by atoms with Crippen LogP contribution >= 0.6 is 11.6 Å². The number of amides is 2. The molecule has 0 heterocycles. The van der Waals surface area contributed by atoms with Crippen molar-refractivity contribution in [3.63, 3.8) is 0 Å². The number of nitrogens with zero attached hydrogens (tertiary/aromatic N) is 2. The number of urea groups is 1. The van der Waals surface area contributed by atoms with E-state index in [0.717, 1.165) is 18.4 Å². The van der Waals surface area contributed by atoms with Gasteiger partial charge in [0.05, 0.1) is 10.7 Å². The number of para-hydroxylation sites is 1. The number of benzene rings is 1. The predicted octanol–water partition coefficient (Wildman–Crippen LogP) is 3.45. The number of aryl methyl sites for hydroxylation is 1. The van der Waals surface area contributed by atoms with Crippen LogP contribution in [-0.2, 0) is 6.42 Å².